The van der Waals surface area contributed by atoms with E-state index in [1.54, 1.807) is 17.4 Å². The van der Waals surface area contributed by atoms with Gasteiger partial charge < -0.3 is 0 Å². The van der Waals surface area contributed by atoms with Gasteiger partial charge in [0.2, 0.25) is 0 Å². The summed E-state index contributed by atoms with van der Waals surface area (Å²) < 4.78 is 0. The van der Waals surface area contributed by atoms with Crippen LogP contribution >= 0.6 is 11.3 Å². The number of pyridine rings is 1. The van der Waals surface area contributed by atoms with E-state index in [9.17, 15) is 0 Å². The predicted molar refractivity (Wildman–Crippen MR) is 143 cm³/mol. The molecule has 35 heavy (non-hydrogen) atoms. The van der Waals surface area contributed by atoms with Gasteiger partial charge in [0.15, 0.2) is 0 Å². The number of anilines is 3. The van der Waals surface area contributed by atoms with Gasteiger partial charge in [-0.3, -0.25) is 4.90 Å². The van der Waals surface area contributed by atoms with E-state index in [1.165, 1.54) is 16.7 Å². The second kappa shape index (κ2) is 8.55. The summed E-state index contributed by atoms with van der Waals surface area (Å²) in [5, 5.41) is 18.3. The Bertz CT molecular complexity index is 1480. The molecule has 5 heteroatoms. The van der Waals surface area contributed by atoms with E-state index < -0.39 is 0 Å². The van der Waals surface area contributed by atoms with Gasteiger partial charge in [0.25, 0.3) is 0 Å². The average Bonchev–Trinajstić information content (AvgIpc) is 3.37. The molecular formula is C30H24N4S. The zero-order valence-electron chi connectivity index (χ0n) is 20.1. The number of fused-ring (bicyclic) bond motifs is 3. The topological polar surface area (TPSA) is 63.7 Å². The van der Waals surface area contributed by atoms with Crippen LogP contribution < -0.4 is 4.90 Å². The van der Waals surface area contributed by atoms with E-state index in [4.69, 9.17) is 15.5 Å². The third kappa shape index (κ3) is 3.91. The molecule has 0 radical (unpaired) electrons. The number of nitrogens with zero attached hydrogens (tertiary/aromatic N) is 4. The zero-order chi connectivity index (χ0) is 24.7. The molecule has 0 atom stereocenters. The fraction of sp³-hybridized carbons (Fsp3) is 0.167. The van der Waals surface area contributed by atoms with Crippen molar-refractivity contribution >= 4 is 34.6 Å². The minimum Gasteiger partial charge on any atom is -0.295 e. The molecular weight excluding hydrogens is 448 g/mol. The number of thiophene rings is 1. The SMILES string of the molecule is Cc1ccc(N(c2ccc(C)cc2)c2ccc3c(n2)C(C)(C)c2cc(C=C(C#N)C#N)sc2-3)cc1. The van der Waals surface area contributed by atoms with Gasteiger partial charge in [-0.15, -0.1) is 11.3 Å². The van der Waals surface area contributed by atoms with Gasteiger partial charge in [-0.2, -0.15) is 10.5 Å². The van der Waals surface area contributed by atoms with E-state index in [0.29, 0.717) is 0 Å². The van der Waals surface area contributed by atoms with Crippen LogP contribution in [-0.4, -0.2) is 4.98 Å². The van der Waals surface area contributed by atoms with Crippen molar-refractivity contribution in [3.63, 3.8) is 0 Å². The average molecular weight is 473 g/mol. The monoisotopic (exact) mass is 472 g/mol. The molecule has 0 spiro atoms. The molecule has 4 nitrogen and oxygen atoms in total. The summed E-state index contributed by atoms with van der Waals surface area (Å²) >= 11 is 1.60. The molecule has 5 rings (SSSR count). The molecule has 1 aliphatic carbocycles. The van der Waals surface area contributed by atoms with E-state index >= 15 is 0 Å². The van der Waals surface area contributed by atoms with Gasteiger partial charge >= 0.3 is 0 Å². The lowest BCUT2D eigenvalue weighted by Crippen LogP contribution is -2.19. The van der Waals surface area contributed by atoms with Crippen LogP contribution in [0.1, 0.15) is 41.1 Å². The summed E-state index contributed by atoms with van der Waals surface area (Å²) in [4.78, 5) is 9.49. The Morgan fingerprint density at radius 1 is 0.886 bits per heavy atom. The summed E-state index contributed by atoms with van der Waals surface area (Å²) in [7, 11) is 0. The second-order valence-electron chi connectivity index (χ2n) is 9.37. The first-order valence-electron chi connectivity index (χ1n) is 11.4. The van der Waals surface area contributed by atoms with Gasteiger partial charge in [0.05, 0.1) is 5.69 Å². The standard InChI is InChI=1S/C30H24N4S/c1-19-5-9-22(10-6-19)34(23-11-7-20(2)8-12-23)27-14-13-25-28-26(30(3,4)29(25)33-27)16-24(35-28)15-21(17-31)18-32/h5-16H,1-4H3. The van der Waals surface area contributed by atoms with Crippen molar-refractivity contribution in [2.75, 3.05) is 4.90 Å². The highest BCUT2D eigenvalue weighted by Gasteiger charge is 2.39. The Hall–Kier alpha value is -4.19. The Labute approximate surface area is 210 Å². The molecule has 170 valence electrons. The van der Waals surface area contributed by atoms with E-state index in [-0.39, 0.29) is 11.0 Å². The van der Waals surface area contributed by atoms with Crippen LogP contribution in [-0.2, 0) is 5.41 Å². The fourth-order valence-electron chi connectivity index (χ4n) is 4.54. The summed E-state index contributed by atoms with van der Waals surface area (Å²) in [5.74, 6) is 0.871. The summed E-state index contributed by atoms with van der Waals surface area (Å²) in [6.07, 6.45) is 1.66. The zero-order valence-corrected chi connectivity index (χ0v) is 20.9. The van der Waals surface area contributed by atoms with Crippen LogP contribution in [0.4, 0.5) is 17.2 Å². The van der Waals surface area contributed by atoms with Crippen LogP contribution in [0.2, 0.25) is 0 Å². The van der Waals surface area contributed by atoms with Gasteiger partial charge in [0, 0.05) is 32.1 Å². The normalized spacial score (nSPS) is 12.7. The largest absolute Gasteiger partial charge is 0.295 e. The maximum absolute atomic E-state index is 9.15. The first-order valence-corrected chi connectivity index (χ1v) is 12.2. The van der Waals surface area contributed by atoms with E-state index in [0.717, 1.165) is 38.2 Å². The highest BCUT2D eigenvalue weighted by Crippen LogP contribution is 2.52. The van der Waals surface area contributed by atoms with Crippen molar-refractivity contribution in [1.82, 2.24) is 4.98 Å². The van der Waals surface area contributed by atoms with Crippen molar-refractivity contribution in [1.29, 1.82) is 10.5 Å². The molecule has 0 aliphatic heterocycles. The summed E-state index contributed by atoms with van der Waals surface area (Å²) in [6.45, 7) is 8.56. The summed E-state index contributed by atoms with van der Waals surface area (Å²) in [5.41, 5.74) is 7.70. The van der Waals surface area contributed by atoms with Crippen LogP contribution in [0.3, 0.4) is 0 Å². The van der Waals surface area contributed by atoms with Crippen LogP contribution in [0.25, 0.3) is 16.5 Å². The number of aromatic nitrogens is 1. The highest BCUT2D eigenvalue weighted by molar-refractivity contribution is 7.16. The van der Waals surface area contributed by atoms with Gasteiger partial charge in [-0.25, -0.2) is 4.98 Å². The first kappa shape index (κ1) is 22.6. The van der Waals surface area contributed by atoms with Gasteiger partial charge in [0.1, 0.15) is 23.5 Å². The molecule has 0 saturated heterocycles. The first-order chi connectivity index (χ1) is 16.8. The van der Waals surface area contributed by atoms with Crippen LogP contribution in [0.15, 0.2) is 72.3 Å². The number of hydrogen-bond donors (Lipinski definition) is 0. The number of aryl methyl sites for hydroxylation is 2. The minimum atomic E-state index is -0.297. The maximum atomic E-state index is 9.15. The third-order valence-corrected chi connectivity index (χ3v) is 7.60. The molecule has 4 aromatic rings. The lowest BCUT2D eigenvalue weighted by atomic mass is 9.86. The lowest BCUT2D eigenvalue weighted by molar-refractivity contribution is 0.638. The molecule has 0 amide bonds. The molecule has 2 heterocycles. The molecule has 0 unspecified atom stereocenters. The molecule has 0 saturated carbocycles. The molecule has 0 bridgehead atoms. The van der Waals surface area contributed by atoms with Crippen molar-refractivity contribution < 1.29 is 0 Å². The molecule has 0 N–H and O–H groups in total. The third-order valence-electron chi connectivity index (χ3n) is 6.48. The predicted octanol–water partition coefficient (Wildman–Crippen LogP) is 7.97. The number of rotatable bonds is 4. The quantitative estimate of drug-likeness (QED) is 0.283. The van der Waals surface area contributed by atoms with Gasteiger partial charge in [-0.05, 0) is 68.0 Å². The maximum Gasteiger partial charge on any atom is 0.137 e. The summed E-state index contributed by atoms with van der Waals surface area (Å²) in [6, 6.07) is 27.2. The number of allylic oxidation sites excluding steroid dienone is 1. The number of hydrogen-bond acceptors (Lipinski definition) is 5. The Morgan fingerprint density at radius 2 is 1.46 bits per heavy atom. The van der Waals surface area contributed by atoms with Crippen molar-refractivity contribution in [2.45, 2.75) is 33.1 Å². The van der Waals surface area contributed by atoms with Crippen LogP contribution in [0, 0.1) is 36.5 Å². The number of nitriles is 2. The number of benzene rings is 2. The minimum absolute atomic E-state index is 0.114. The molecule has 2 aromatic heterocycles. The Morgan fingerprint density at radius 3 is 2.00 bits per heavy atom. The smallest absolute Gasteiger partial charge is 0.137 e. The van der Waals surface area contributed by atoms with Crippen molar-refractivity contribution in [3.8, 4) is 22.6 Å². The van der Waals surface area contributed by atoms with Crippen molar-refractivity contribution in [3.05, 3.63) is 99.6 Å². The molecule has 0 fully saturated rings. The highest BCUT2D eigenvalue weighted by atomic mass is 32.1. The second-order valence-corrected chi connectivity index (χ2v) is 10.5. The lowest BCUT2D eigenvalue weighted by Gasteiger charge is -2.27. The molecule has 2 aromatic carbocycles. The fourth-order valence-corrected chi connectivity index (χ4v) is 5.83. The molecule has 1 aliphatic rings. The van der Waals surface area contributed by atoms with E-state index in [2.05, 4.69) is 99.3 Å². The van der Waals surface area contributed by atoms with E-state index in [1.807, 2.05) is 12.1 Å². The Kier molecular flexibility index (Phi) is 5.52. The Balaban J connectivity index is 1.63. The van der Waals surface area contributed by atoms with Crippen LogP contribution in [0.5, 0.6) is 0 Å². The van der Waals surface area contributed by atoms with Crippen molar-refractivity contribution in [2.24, 2.45) is 0 Å². The van der Waals surface area contributed by atoms with Gasteiger partial charge in [-0.1, -0.05) is 49.2 Å².